The Hall–Kier alpha value is -1.35. The highest BCUT2D eigenvalue weighted by atomic mass is 16.5. The highest BCUT2D eigenvalue weighted by Crippen LogP contribution is 2.09. The summed E-state index contributed by atoms with van der Waals surface area (Å²) in [5.74, 6) is -0.239. The summed E-state index contributed by atoms with van der Waals surface area (Å²) < 4.78 is 4.95. The minimum absolute atomic E-state index is 0.239. The molecule has 1 aromatic carbocycles. The zero-order valence-electron chi connectivity index (χ0n) is 11.6. The van der Waals surface area contributed by atoms with Crippen LogP contribution in [-0.4, -0.2) is 38.1 Å². The van der Waals surface area contributed by atoms with Gasteiger partial charge in [-0.15, -0.1) is 0 Å². The summed E-state index contributed by atoms with van der Waals surface area (Å²) in [4.78, 5) is 13.7. The summed E-state index contributed by atoms with van der Waals surface area (Å²) in [7, 11) is 4.18. The molecule has 0 heterocycles. The van der Waals surface area contributed by atoms with Gasteiger partial charge in [0, 0.05) is 0 Å². The maximum absolute atomic E-state index is 11.5. The molecular formula is C15H23NO2. The van der Waals surface area contributed by atoms with E-state index in [2.05, 4.69) is 19.0 Å². The molecule has 3 nitrogen and oxygen atoms in total. The number of carbonyl (C=O) groups excluding carboxylic acids is 1. The zero-order chi connectivity index (χ0) is 13.4. The number of nitrogens with zero attached hydrogens (tertiary/aromatic N) is 1. The molecule has 1 rings (SSSR count). The Morgan fingerprint density at radius 3 is 2.39 bits per heavy atom. The van der Waals surface area contributed by atoms with Gasteiger partial charge in [0.25, 0.3) is 0 Å². The predicted molar refractivity (Wildman–Crippen MR) is 73.9 cm³/mol. The molecule has 0 aliphatic heterocycles. The summed E-state index contributed by atoms with van der Waals surface area (Å²) in [6.45, 7) is 3.36. The van der Waals surface area contributed by atoms with Crippen LogP contribution in [0.3, 0.4) is 0 Å². The Bertz CT molecular complexity index is 357. The molecule has 0 aromatic heterocycles. The van der Waals surface area contributed by atoms with E-state index in [0.29, 0.717) is 12.2 Å². The molecule has 0 aliphatic carbocycles. The summed E-state index contributed by atoms with van der Waals surface area (Å²) in [5.41, 5.74) is 1.91. The number of benzene rings is 1. The monoisotopic (exact) mass is 249 g/mol. The molecule has 18 heavy (non-hydrogen) atoms. The molecule has 0 saturated carbocycles. The fourth-order valence-electron chi connectivity index (χ4n) is 1.78. The van der Waals surface area contributed by atoms with Gasteiger partial charge in [-0.25, -0.2) is 4.79 Å². The third-order valence-electron chi connectivity index (χ3n) is 2.79. The Morgan fingerprint density at radius 2 is 1.83 bits per heavy atom. The lowest BCUT2D eigenvalue weighted by Gasteiger charge is -2.09. The number of rotatable bonds is 7. The van der Waals surface area contributed by atoms with Crippen molar-refractivity contribution >= 4 is 5.97 Å². The van der Waals surface area contributed by atoms with Gasteiger partial charge in [0.1, 0.15) is 0 Å². The predicted octanol–water partition coefficient (Wildman–Crippen LogP) is 2.75. The van der Waals surface area contributed by atoms with E-state index in [4.69, 9.17) is 4.74 Å². The first-order valence-electron chi connectivity index (χ1n) is 6.54. The molecule has 3 heteroatoms. The van der Waals surface area contributed by atoms with Gasteiger partial charge in [0.2, 0.25) is 0 Å². The van der Waals surface area contributed by atoms with Crippen molar-refractivity contribution in [3.63, 3.8) is 0 Å². The molecule has 1 aromatic rings. The van der Waals surface area contributed by atoms with Crippen molar-refractivity contribution in [2.24, 2.45) is 0 Å². The fourth-order valence-corrected chi connectivity index (χ4v) is 1.78. The molecule has 100 valence electrons. The first-order chi connectivity index (χ1) is 8.63. The van der Waals surface area contributed by atoms with E-state index in [1.165, 1.54) is 18.4 Å². The topological polar surface area (TPSA) is 29.5 Å². The quantitative estimate of drug-likeness (QED) is 0.549. The van der Waals surface area contributed by atoms with Gasteiger partial charge in [-0.2, -0.15) is 0 Å². The van der Waals surface area contributed by atoms with Crippen LogP contribution in [0.4, 0.5) is 0 Å². The zero-order valence-corrected chi connectivity index (χ0v) is 11.6. The van der Waals surface area contributed by atoms with Crippen LogP contribution >= 0.6 is 0 Å². The standard InChI is InChI=1S/C15H23NO2/c1-4-18-15(17)14-10-8-13(9-11-14)7-5-6-12-16(2)3/h8-11H,4-7,12H2,1-3H3. The minimum Gasteiger partial charge on any atom is -0.462 e. The van der Waals surface area contributed by atoms with Gasteiger partial charge in [0.15, 0.2) is 0 Å². The Kier molecular flexibility index (Phi) is 6.44. The Balaban J connectivity index is 2.38. The molecule has 0 unspecified atom stereocenters. The van der Waals surface area contributed by atoms with Gasteiger partial charge in [-0.1, -0.05) is 12.1 Å². The van der Waals surface area contributed by atoms with Crippen LogP contribution in [0.25, 0.3) is 0 Å². The van der Waals surface area contributed by atoms with Crippen LogP contribution in [0.15, 0.2) is 24.3 Å². The lowest BCUT2D eigenvalue weighted by Crippen LogP contribution is -2.12. The van der Waals surface area contributed by atoms with Crippen molar-refractivity contribution in [2.45, 2.75) is 26.2 Å². The van der Waals surface area contributed by atoms with Crippen molar-refractivity contribution in [3.8, 4) is 0 Å². The number of unbranched alkanes of at least 4 members (excludes halogenated alkanes) is 1. The van der Waals surface area contributed by atoms with Crippen molar-refractivity contribution in [1.82, 2.24) is 4.90 Å². The number of carbonyl (C=O) groups is 1. The summed E-state index contributed by atoms with van der Waals surface area (Å²) in [5, 5.41) is 0. The second-order valence-electron chi connectivity index (χ2n) is 4.68. The molecule has 0 atom stereocenters. The summed E-state index contributed by atoms with van der Waals surface area (Å²) in [6, 6.07) is 7.72. The van der Waals surface area contributed by atoms with Crippen molar-refractivity contribution in [2.75, 3.05) is 27.2 Å². The third-order valence-corrected chi connectivity index (χ3v) is 2.79. The van der Waals surface area contributed by atoms with E-state index < -0.39 is 0 Å². The minimum atomic E-state index is -0.239. The molecule has 0 radical (unpaired) electrons. The smallest absolute Gasteiger partial charge is 0.338 e. The molecule has 0 bridgehead atoms. The highest BCUT2D eigenvalue weighted by Gasteiger charge is 2.05. The lowest BCUT2D eigenvalue weighted by molar-refractivity contribution is 0.0526. The second-order valence-corrected chi connectivity index (χ2v) is 4.68. The molecule has 0 spiro atoms. The van der Waals surface area contributed by atoms with Crippen molar-refractivity contribution in [3.05, 3.63) is 35.4 Å². The molecule has 0 saturated heterocycles. The molecular weight excluding hydrogens is 226 g/mol. The maximum Gasteiger partial charge on any atom is 0.338 e. The first-order valence-corrected chi connectivity index (χ1v) is 6.54. The van der Waals surface area contributed by atoms with Crippen molar-refractivity contribution < 1.29 is 9.53 Å². The van der Waals surface area contributed by atoms with E-state index in [1.54, 1.807) is 0 Å². The average molecular weight is 249 g/mol. The SMILES string of the molecule is CCOC(=O)c1ccc(CCCCN(C)C)cc1. The van der Waals surface area contributed by atoms with E-state index in [9.17, 15) is 4.79 Å². The number of ether oxygens (including phenoxy) is 1. The number of hydrogen-bond donors (Lipinski definition) is 0. The molecule has 0 amide bonds. The Morgan fingerprint density at radius 1 is 1.17 bits per heavy atom. The molecule has 0 N–H and O–H groups in total. The van der Waals surface area contributed by atoms with Crippen LogP contribution in [0.1, 0.15) is 35.7 Å². The van der Waals surface area contributed by atoms with Crippen LogP contribution < -0.4 is 0 Å². The van der Waals surface area contributed by atoms with Crippen molar-refractivity contribution in [1.29, 1.82) is 0 Å². The van der Waals surface area contributed by atoms with E-state index in [-0.39, 0.29) is 5.97 Å². The third kappa shape index (κ3) is 5.32. The van der Waals surface area contributed by atoms with E-state index in [1.807, 2.05) is 31.2 Å². The summed E-state index contributed by atoms with van der Waals surface area (Å²) in [6.07, 6.45) is 3.44. The van der Waals surface area contributed by atoms with Crippen LogP contribution in [-0.2, 0) is 11.2 Å². The molecule has 0 fully saturated rings. The summed E-state index contributed by atoms with van der Waals surface area (Å²) >= 11 is 0. The normalized spacial score (nSPS) is 10.7. The average Bonchev–Trinajstić information content (AvgIpc) is 2.35. The first kappa shape index (κ1) is 14.7. The largest absolute Gasteiger partial charge is 0.462 e. The van der Waals surface area contributed by atoms with Gasteiger partial charge in [-0.3, -0.25) is 0 Å². The van der Waals surface area contributed by atoms with Crippen LogP contribution in [0, 0.1) is 0 Å². The van der Waals surface area contributed by atoms with Gasteiger partial charge < -0.3 is 9.64 Å². The van der Waals surface area contributed by atoms with Gasteiger partial charge >= 0.3 is 5.97 Å². The van der Waals surface area contributed by atoms with Crippen LogP contribution in [0.5, 0.6) is 0 Å². The lowest BCUT2D eigenvalue weighted by atomic mass is 10.1. The number of hydrogen-bond acceptors (Lipinski definition) is 3. The van der Waals surface area contributed by atoms with Crippen LogP contribution in [0.2, 0.25) is 0 Å². The number of aryl methyl sites for hydroxylation is 1. The molecule has 0 aliphatic rings. The Labute approximate surface area is 110 Å². The van der Waals surface area contributed by atoms with E-state index >= 15 is 0 Å². The van der Waals surface area contributed by atoms with Gasteiger partial charge in [0.05, 0.1) is 12.2 Å². The van der Waals surface area contributed by atoms with Gasteiger partial charge in [-0.05, 0) is 64.5 Å². The number of esters is 1. The highest BCUT2D eigenvalue weighted by molar-refractivity contribution is 5.89. The fraction of sp³-hybridized carbons (Fsp3) is 0.533. The maximum atomic E-state index is 11.5. The second kappa shape index (κ2) is 7.88. The van der Waals surface area contributed by atoms with E-state index in [0.717, 1.165) is 13.0 Å².